The van der Waals surface area contributed by atoms with Gasteiger partial charge in [-0.3, -0.25) is 0 Å². The third-order valence-electron chi connectivity index (χ3n) is 3.31. The fourth-order valence-corrected chi connectivity index (χ4v) is 2.24. The van der Waals surface area contributed by atoms with E-state index in [4.69, 9.17) is 0 Å². The van der Waals surface area contributed by atoms with Gasteiger partial charge in [0.1, 0.15) is 6.29 Å². The lowest BCUT2D eigenvalue weighted by Crippen LogP contribution is -2.18. The maximum Gasteiger partial charge on any atom is 0.127 e. The number of anilines is 1. The Balaban J connectivity index is 0.00000106. The molecule has 2 nitrogen and oxygen atoms in total. The molecule has 0 heterocycles. The molecule has 0 aromatic heterocycles. The van der Waals surface area contributed by atoms with E-state index in [2.05, 4.69) is 30.1 Å². The summed E-state index contributed by atoms with van der Waals surface area (Å²) in [6.45, 7) is 6.77. The first-order valence-electron chi connectivity index (χ1n) is 7.51. The Morgan fingerprint density at radius 2 is 1.57 bits per heavy atom. The van der Waals surface area contributed by atoms with Gasteiger partial charge in [0.25, 0.3) is 0 Å². The van der Waals surface area contributed by atoms with E-state index in [1.807, 2.05) is 57.2 Å². The molecule has 0 aliphatic carbocycles. The predicted octanol–water partition coefficient (Wildman–Crippen LogP) is 4.65. The Kier molecular flexibility index (Phi) is 7.24. The first-order valence-corrected chi connectivity index (χ1v) is 7.51. The number of nitrogens with zero attached hydrogens (tertiary/aromatic N) is 1. The molecule has 21 heavy (non-hydrogen) atoms. The van der Waals surface area contributed by atoms with Gasteiger partial charge in [-0.25, -0.2) is 0 Å². The fourth-order valence-electron chi connectivity index (χ4n) is 2.24. The van der Waals surface area contributed by atoms with E-state index in [-0.39, 0.29) is 5.92 Å². The van der Waals surface area contributed by atoms with Crippen LogP contribution in [0.15, 0.2) is 54.6 Å². The Morgan fingerprint density at radius 1 is 1.00 bits per heavy atom. The van der Waals surface area contributed by atoms with Crippen molar-refractivity contribution in [3.63, 3.8) is 0 Å². The van der Waals surface area contributed by atoms with E-state index in [1.54, 1.807) is 0 Å². The molecule has 0 amide bonds. The van der Waals surface area contributed by atoms with Crippen molar-refractivity contribution in [2.45, 2.75) is 33.2 Å². The van der Waals surface area contributed by atoms with E-state index < -0.39 is 0 Å². The third-order valence-corrected chi connectivity index (χ3v) is 3.31. The smallest absolute Gasteiger partial charge is 0.127 e. The van der Waals surface area contributed by atoms with Crippen LogP contribution in [0.5, 0.6) is 0 Å². The summed E-state index contributed by atoms with van der Waals surface area (Å²) in [7, 11) is 2.06. The average Bonchev–Trinajstić information content (AvgIpc) is 2.57. The van der Waals surface area contributed by atoms with Gasteiger partial charge in [-0.1, -0.05) is 69.3 Å². The van der Waals surface area contributed by atoms with Crippen molar-refractivity contribution in [1.82, 2.24) is 0 Å². The minimum atomic E-state index is -0.0746. The maximum atomic E-state index is 11.0. The maximum absolute atomic E-state index is 11.0. The van der Waals surface area contributed by atoms with Crippen LogP contribution in [-0.2, 0) is 11.3 Å². The molecule has 2 rings (SSSR count). The van der Waals surface area contributed by atoms with Gasteiger partial charge in [-0.2, -0.15) is 0 Å². The number of para-hydroxylation sites is 1. The first kappa shape index (κ1) is 17.0. The zero-order valence-corrected chi connectivity index (χ0v) is 13.4. The summed E-state index contributed by atoms with van der Waals surface area (Å²) >= 11 is 0. The minimum Gasteiger partial charge on any atom is -0.370 e. The normalized spacial score (nSPS) is 11.0. The molecule has 0 bridgehead atoms. The number of rotatable bonds is 5. The van der Waals surface area contributed by atoms with Crippen molar-refractivity contribution in [1.29, 1.82) is 0 Å². The number of hydrogen-bond donors (Lipinski definition) is 0. The van der Waals surface area contributed by atoms with E-state index in [9.17, 15) is 4.79 Å². The number of carbonyl (C=O) groups excluding carboxylic acids is 1. The lowest BCUT2D eigenvalue weighted by Gasteiger charge is -2.23. The topological polar surface area (TPSA) is 20.3 Å². The molecule has 1 atom stereocenters. The standard InChI is InChI=1S/C17H19NO.C2H6/c1-14(13-19)16-10-6-7-11-17(16)18(2)12-15-8-4-3-5-9-15;1-2/h3-11,13-14H,12H2,1-2H3;1-2H3. The lowest BCUT2D eigenvalue weighted by molar-refractivity contribution is -0.108. The molecule has 2 heteroatoms. The second-order valence-corrected chi connectivity index (χ2v) is 4.83. The van der Waals surface area contributed by atoms with E-state index in [0.29, 0.717) is 0 Å². The van der Waals surface area contributed by atoms with Crippen molar-refractivity contribution in [3.05, 3.63) is 65.7 Å². The van der Waals surface area contributed by atoms with Crippen LogP contribution >= 0.6 is 0 Å². The molecule has 2 aromatic rings. The molecule has 2 aromatic carbocycles. The number of carbonyl (C=O) groups is 1. The Bertz CT molecular complexity index is 536. The summed E-state index contributed by atoms with van der Waals surface area (Å²) < 4.78 is 0. The molecule has 0 radical (unpaired) electrons. The quantitative estimate of drug-likeness (QED) is 0.744. The van der Waals surface area contributed by atoms with Gasteiger partial charge in [-0.05, 0) is 17.2 Å². The molecule has 0 fully saturated rings. The van der Waals surface area contributed by atoms with Crippen molar-refractivity contribution < 1.29 is 4.79 Å². The van der Waals surface area contributed by atoms with Gasteiger partial charge in [0.05, 0.1) is 0 Å². The summed E-state index contributed by atoms with van der Waals surface area (Å²) in [4.78, 5) is 13.2. The fraction of sp³-hybridized carbons (Fsp3) is 0.316. The minimum absolute atomic E-state index is 0.0746. The molecule has 0 N–H and O–H groups in total. The largest absolute Gasteiger partial charge is 0.370 e. The molecule has 0 saturated carbocycles. The van der Waals surface area contributed by atoms with E-state index >= 15 is 0 Å². The predicted molar refractivity (Wildman–Crippen MR) is 90.8 cm³/mol. The van der Waals surface area contributed by atoms with Gasteiger partial charge >= 0.3 is 0 Å². The van der Waals surface area contributed by atoms with Crippen LogP contribution in [0.1, 0.15) is 37.8 Å². The van der Waals surface area contributed by atoms with Gasteiger partial charge < -0.3 is 9.69 Å². The highest BCUT2D eigenvalue weighted by atomic mass is 16.1. The molecule has 0 saturated heterocycles. The zero-order valence-electron chi connectivity index (χ0n) is 13.4. The number of aldehydes is 1. The van der Waals surface area contributed by atoms with Gasteiger partial charge in [0.15, 0.2) is 0 Å². The van der Waals surface area contributed by atoms with Crippen LogP contribution in [0.25, 0.3) is 0 Å². The molecule has 1 unspecified atom stereocenters. The first-order chi connectivity index (χ1) is 10.2. The summed E-state index contributed by atoms with van der Waals surface area (Å²) in [6.07, 6.45) is 0.995. The number of hydrogen-bond acceptors (Lipinski definition) is 2. The van der Waals surface area contributed by atoms with E-state index in [1.165, 1.54) is 5.56 Å². The molecule has 0 spiro atoms. The van der Waals surface area contributed by atoms with Crippen LogP contribution in [0, 0.1) is 0 Å². The molecular weight excluding hydrogens is 258 g/mol. The third kappa shape index (κ3) is 4.75. The van der Waals surface area contributed by atoms with Crippen LogP contribution < -0.4 is 4.90 Å². The summed E-state index contributed by atoms with van der Waals surface area (Å²) in [5.41, 5.74) is 3.46. The van der Waals surface area contributed by atoms with Crippen LogP contribution in [-0.4, -0.2) is 13.3 Å². The van der Waals surface area contributed by atoms with Gasteiger partial charge in [-0.15, -0.1) is 0 Å². The van der Waals surface area contributed by atoms with Crippen molar-refractivity contribution >= 4 is 12.0 Å². The second-order valence-electron chi connectivity index (χ2n) is 4.83. The highest BCUT2D eigenvalue weighted by molar-refractivity contribution is 5.68. The number of benzene rings is 2. The highest BCUT2D eigenvalue weighted by Gasteiger charge is 2.12. The molecule has 0 aliphatic heterocycles. The SMILES string of the molecule is CC.CC(C=O)c1ccccc1N(C)Cc1ccccc1. The Labute approximate surface area is 128 Å². The van der Waals surface area contributed by atoms with Crippen molar-refractivity contribution in [2.24, 2.45) is 0 Å². The average molecular weight is 283 g/mol. The van der Waals surface area contributed by atoms with Gasteiger partial charge in [0, 0.05) is 25.2 Å². The van der Waals surface area contributed by atoms with Crippen LogP contribution in [0.4, 0.5) is 5.69 Å². The van der Waals surface area contributed by atoms with E-state index in [0.717, 1.165) is 24.1 Å². The summed E-state index contributed by atoms with van der Waals surface area (Å²) in [5.74, 6) is -0.0746. The molecular formula is C19H25NO. The van der Waals surface area contributed by atoms with Crippen LogP contribution in [0.2, 0.25) is 0 Å². The van der Waals surface area contributed by atoms with Crippen LogP contribution in [0.3, 0.4) is 0 Å². The second kappa shape index (κ2) is 8.96. The molecule has 112 valence electrons. The Hall–Kier alpha value is -2.09. The van der Waals surface area contributed by atoms with Gasteiger partial charge in [0.2, 0.25) is 0 Å². The summed E-state index contributed by atoms with van der Waals surface area (Å²) in [5, 5.41) is 0. The monoisotopic (exact) mass is 283 g/mol. The molecule has 0 aliphatic rings. The highest BCUT2D eigenvalue weighted by Crippen LogP contribution is 2.26. The summed E-state index contributed by atoms with van der Waals surface area (Å²) in [6, 6.07) is 18.4. The lowest BCUT2D eigenvalue weighted by atomic mass is 10.00. The Morgan fingerprint density at radius 3 is 2.19 bits per heavy atom. The van der Waals surface area contributed by atoms with Crippen molar-refractivity contribution in [3.8, 4) is 0 Å². The zero-order chi connectivity index (χ0) is 15.7. The van der Waals surface area contributed by atoms with Crippen molar-refractivity contribution in [2.75, 3.05) is 11.9 Å².